The molecule has 1 aromatic carbocycles. The molecular weight excluding hydrogens is 245 g/mol. The maximum atomic E-state index is 13.4. The van der Waals surface area contributed by atoms with Crippen LogP contribution in [-0.2, 0) is 0 Å². The summed E-state index contributed by atoms with van der Waals surface area (Å²) in [5, 5.41) is 0. The lowest BCUT2D eigenvalue weighted by Gasteiger charge is -2.27. The first-order valence-electron chi connectivity index (χ1n) is 4.53. The molecule has 0 aliphatic carbocycles. The highest BCUT2D eigenvalue weighted by molar-refractivity contribution is 9.10. The molecule has 3 heteroatoms. The van der Waals surface area contributed by atoms with E-state index in [9.17, 15) is 4.39 Å². The summed E-state index contributed by atoms with van der Waals surface area (Å²) in [5.41, 5.74) is 6.41. The fourth-order valence-electron chi connectivity index (χ4n) is 1.22. The molecule has 0 saturated heterocycles. The van der Waals surface area contributed by atoms with Crippen molar-refractivity contribution in [2.45, 2.75) is 26.8 Å². The van der Waals surface area contributed by atoms with E-state index >= 15 is 0 Å². The first-order chi connectivity index (χ1) is 6.32. The maximum absolute atomic E-state index is 13.4. The topological polar surface area (TPSA) is 26.0 Å². The summed E-state index contributed by atoms with van der Waals surface area (Å²) >= 11 is 3.31. The number of nitrogens with two attached hydrogens (primary N) is 1. The molecule has 0 heterocycles. The molecule has 0 radical (unpaired) electrons. The van der Waals surface area contributed by atoms with E-state index in [1.807, 2.05) is 20.8 Å². The van der Waals surface area contributed by atoms with Gasteiger partial charge in [-0.25, -0.2) is 4.39 Å². The van der Waals surface area contributed by atoms with Gasteiger partial charge in [-0.15, -0.1) is 0 Å². The summed E-state index contributed by atoms with van der Waals surface area (Å²) in [7, 11) is 0. The van der Waals surface area contributed by atoms with Crippen LogP contribution in [0.2, 0.25) is 0 Å². The molecular formula is C11H15BrFN. The SMILES string of the molecule is CC(C)(C)[C@H](N)c1cc(Br)ccc1F. The highest BCUT2D eigenvalue weighted by Crippen LogP contribution is 2.32. The van der Waals surface area contributed by atoms with Gasteiger partial charge in [0.2, 0.25) is 0 Å². The van der Waals surface area contributed by atoms with Crippen LogP contribution in [0.3, 0.4) is 0 Å². The Hall–Kier alpha value is -0.410. The molecule has 0 aliphatic heterocycles. The smallest absolute Gasteiger partial charge is 0.128 e. The van der Waals surface area contributed by atoms with E-state index in [0.717, 1.165) is 4.47 Å². The Labute approximate surface area is 92.6 Å². The van der Waals surface area contributed by atoms with Crippen LogP contribution in [0.15, 0.2) is 22.7 Å². The molecule has 78 valence electrons. The molecule has 0 aliphatic rings. The highest BCUT2D eigenvalue weighted by Gasteiger charge is 2.24. The summed E-state index contributed by atoms with van der Waals surface area (Å²) in [4.78, 5) is 0. The van der Waals surface area contributed by atoms with Crippen molar-refractivity contribution >= 4 is 15.9 Å². The monoisotopic (exact) mass is 259 g/mol. The van der Waals surface area contributed by atoms with Crippen molar-refractivity contribution in [3.63, 3.8) is 0 Å². The van der Waals surface area contributed by atoms with Crippen molar-refractivity contribution in [3.8, 4) is 0 Å². The van der Waals surface area contributed by atoms with E-state index in [0.29, 0.717) is 5.56 Å². The molecule has 1 aromatic rings. The predicted octanol–water partition coefficient (Wildman–Crippen LogP) is 3.63. The summed E-state index contributed by atoms with van der Waals surface area (Å²) in [6.45, 7) is 5.99. The van der Waals surface area contributed by atoms with Crippen LogP contribution in [-0.4, -0.2) is 0 Å². The first-order valence-corrected chi connectivity index (χ1v) is 5.32. The second-order valence-corrected chi connectivity index (χ2v) is 5.43. The minimum atomic E-state index is -0.292. The zero-order chi connectivity index (χ0) is 10.9. The lowest BCUT2D eigenvalue weighted by molar-refractivity contribution is 0.319. The number of hydrogen-bond donors (Lipinski definition) is 1. The van der Waals surface area contributed by atoms with Crippen LogP contribution >= 0.6 is 15.9 Å². The van der Waals surface area contributed by atoms with E-state index in [1.165, 1.54) is 6.07 Å². The summed E-state index contributed by atoms with van der Waals surface area (Å²) in [6.07, 6.45) is 0. The first kappa shape index (κ1) is 11.7. The molecule has 14 heavy (non-hydrogen) atoms. The van der Waals surface area contributed by atoms with Crippen molar-refractivity contribution in [1.82, 2.24) is 0 Å². The van der Waals surface area contributed by atoms with E-state index in [2.05, 4.69) is 15.9 Å². The van der Waals surface area contributed by atoms with Crippen molar-refractivity contribution in [2.75, 3.05) is 0 Å². The van der Waals surface area contributed by atoms with E-state index in [-0.39, 0.29) is 17.3 Å². The van der Waals surface area contributed by atoms with Crippen molar-refractivity contribution < 1.29 is 4.39 Å². The molecule has 2 N–H and O–H groups in total. The molecule has 0 spiro atoms. The summed E-state index contributed by atoms with van der Waals surface area (Å²) in [5.74, 6) is -0.240. The Morgan fingerprint density at radius 3 is 2.43 bits per heavy atom. The van der Waals surface area contributed by atoms with Gasteiger partial charge in [0, 0.05) is 16.1 Å². The van der Waals surface area contributed by atoms with Crippen LogP contribution in [0.1, 0.15) is 32.4 Å². The minimum absolute atomic E-state index is 0.137. The zero-order valence-electron chi connectivity index (χ0n) is 8.64. The van der Waals surface area contributed by atoms with Gasteiger partial charge in [0.05, 0.1) is 0 Å². The van der Waals surface area contributed by atoms with Crippen LogP contribution < -0.4 is 5.73 Å². The Kier molecular flexibility index (Phi) is 3.32. The van der Waals surface area contributed by atoms with E-state index < -0.39 is 0 Å². The average molecular weight is 260 g/mol. The van der Waals surface area contributed by atoms with Gasteiger partial charge in [-0.2, -0.15) is 0 Å². The van der Waals surface area contributed by atoms with Crippen molar-refractivity contribution in [2.24, 2.45) is 11.1 Å². The van der Waals surface area contributed by atoms with E-state index in [4.69, 9.17) is 5.73 Å². The van der Waals surface area contributed by atoms with Crippen LogP contribution in [0.25, 0.3) is 0 Å². The van der Waals surface area contributed by atoms with Gasteiger partial charge in [-0.3, -0.25) is 0 Å². The molecule has 0 saturated carbocycles. The third-order valence-electron chi connectivity index (χ3n) is 2.23. The quantitative estimate of drug-likeness (QED) is 0.819. The third-order valence-corrected chi connectivity index (χ3v) is 2.72. The number of halogens is 2. The molecule has 1 rings (SSSR count). The Morgan fingerprint density at radius 2 is 1.93 bits per heavy atom. The Bertz CT molecular complexity index is 331. The van der Waals surface area contributed by atoms with Crippen LogP contribution in [0.4, 0.5) is 4.39 Å². The summed E-state index contributed by atoms with van der Waals surface area (Å²) in [6, 6.07) is 4.56. The van der Waals surface area contributed by atoms with Gasteiger partial charge < -0.3 is 5.73 Å². The number of hydrogen-bond acceptors (Lipinski definition) is 1. The highest BCUT2D eigenvalue weighted by atomic mass is 79.9. The second kappa shape index (κ2) is 3.99. The maximum Gasteiger partial charge on any atom is 0.128 e. The molecule has 0 amide bonds. The molecule has 0 unspecified atom stereocenters. The lowest BCUT2D eigenvalue weighted by Crippen LogP contribution is -2.27. The number of benzene rings is 1. The van der Waals surface area contributed by atoms with Crippen LogP contribution in [0, 0.1) is 11.2 Å². The lowest BCUT2D eigenvalue weighted by atomic mass is 9.83. The summed E-state index contributed by atoms with van der Waals surface area (Å²) < 4.78 is 14.3. The largest absolute Gasteiger partial charge is 0.323 e. The number of rotatable bonds is 1. The van der Waals surface area contributed by atoms with Gasteiger partial charge in [0.1, 0.15) is 5.82 Å². The normalized spacial score (nSPS) is 14.1. The average Bonchev–Trinajstić information content (AvgIpc) is 2.06. The van der Waals surface area contributed by atoms with Gasteiger partial charge in [-0.1, -0.05) is 36.7 Å². The zero-order valence-corrected chi connectivity index (χ0v) is 10.2. The Balaban J connectivity index is 3.12. The standard InChI is InChI=1S/C11H15BrFN/c1-11(2,3)10(14)8-6-7(12)4-5-9(8)13/h4-6,10H,14H2,1-3H3/t10-/m1/s1. The van der Waals surface area contributed by atoms with Crippen LogP contribution in [0.5, 0.6) is 0 Å². The molecule has 1 atom stereocenters. The molecule has 0 bridgehead atoms. The fourth-order valence-corrected chi connectivity index (χ4v) is 1.60. The molecule has 1 nitrogen and oxygen atoms in total. The van der Waals surface area contributed by atoms with Crippen molar-refractivity contribution in [3.05, 3.63) is 34.1 Å². The van der Waals surface area contributed by atoms with Gasteiger partial charge in [0.15, 0.2) is 0 Å². The van der Waals surface area contributed by atoms with Gasteiger partial charge in [0.25, 0.3) is 0 Å². The Morgan fingerprint density at radius 1 is 1.36 bits per heavy atom. The molecule has 0 aromatic heterocycles. The predicted molar refractivity (Wildman–Crippen MR) is 60.5 cm³/mol. The van der Waals surface area contributed by atoms with Gasteiger partial charge in [-0.05, 0) is 23.6 Å². The van der Waals surface area contributed by atoms with Crippen molar-refractivity contribution in [1.29, 1.82) is 0 Å². The fraction of sp³-hybridized carbons (Fsp3) is 0.455. The van der Waals surface area contributed by atoms with E-state index in [1.54, 1.807) is 12.1 Å². The second-order valence-electron chi connectivity index (χ2n) is 4.51. The third kappa shape index (κ3) is 2.55. The molecule has 0 fully saturated rings. The minimum Gasteiger partial charge on any atom is -0.323 e. The van der Waals surface area contributed by atoms with Gasteiger partial charge >= 0.3 is 0 Å².